The van der Waals surface area contributed by atoms with Gasteiger partial charge in [-0.05, 0) is 55.2 Å². The minimum atomic E-state index is -3.72. The molecule has 0 aliphatic carbocycles. The first-order valence-corrected chi connectivity index (χ1v) is 12.0. The summed E-state index contributed by atoms with van der Waals surface area (Å²) in [6.07, 6.45) is 2.58. The summed E-state index contributed by atoms with van der Waals surface area (Å²) in [6.45, 7) is 3.03. The van der Waals surface area contributed by atoms with Gasteiger partial charge in [0, 0.05) is 18.7 Å². The molecule has 0 bridgehead atoms. The number of thiazole rings is 1. The Morgan fingerprint density at radius 3 is 2.69 bits per heavy atom. The van der Waals surface area contributed by atoms with Crippen LogP contribution in [0, 0.1) is 0 Å². The molecule has 0 saturated carbocycles. The lowest BCUT2D eigenvalue weighted by Gasteiger charge is -2.17. The van der Waals surface area contributed by atoms with Gasteiger partial charge in [-0.15, -0.1) is 0 Å². The molecule has 1 aromatic heterocycles. The molecule has 1 fully saturated rings. The fraction of sp³-hybridized carbons (Fsp3) is 0.300. The largest absolute Gasteiger partial charge is 0.298 e. The van der Waals surface area contributed by atoms with Crippen LogP contribution in [-0.4, -0.2) is 36.7 Å². The van der Waals surface area contributed by atoms with E-state index in [1.165, 1.54) is 39.4 Å². The van der Waals surface area contributed by atoms with E-state index in [2.05, 4.69) is 23.3 Å². The summed E-state index contributed by atoms with van der Waals surface area (Å²) >= 11 is 7.55. The van der Waals surface area contributed by atoms with Crippen molar-refractivity contribution >= 4 is 54.2 Å². The number of sulfonamides is 1. The predicted octanol–water partition coefficient (Wildman–Crippen LogP) is 4.55. The van der Waals surface area contributed by atoms with Crippen molar-refractivity contribution in [1.82, 2.24) is 9.29 Å². The summed E-state index contributed by atoms with van der Waals surface area (Å²) in [4.78, 5) is 17.1. The van der Waals surface area contributed by atoms with Gasteiger partial charge in [-0.2, -0.15) is 4.31 Å². The Bertz CT molecular complexity index is 1180. The molecule has 0 atom stereocenters. The van der Waals surface area contributed by atoms with Crippen molar-refractivity contribution in [2.45, 2.75) is 31.1 Å². The van der Waals surface area contributed by atoms with Gasteiger partial charge in [-0.25, -0.2) is 13.4 Å². The molecule has 3 aromatic rings. The highest BCUT2D eigenvalue weighted by molar-refractivity contribution is 7.89. The van der Waals surface area contributed by atoms with Gasteiger partial charge in [0.2, 0.25) is 10.0 Å². The molecule has 9 heteroatoms. The molecule has 2 aromatic carbocycles. The van der Waals surface area contributed by atoms with Crippen LogP contribution in [0.2, 0.25) is 5.02 Å². The SMILES string of the molecule is CCc1ccc2nc(NC(=O)c3ccc(Cl)c(S(=O)(=O)N4CCCC4)c3)sc2c1. The lowest BCUT2D eigenvalue weighted by Crippen LogP contribution is -2.28. The van der Waals surface area contributed by atoms with Crippen LogP contribution in [0.1, 0.15) is 35.7 Å². The number of rotatable bonds is 5. The highest BCUT2D eigenvalue weighted by Gasteiger charge is 2.29. The highest BCUT2D eigenvalue weighted by atomic mass is 35.5. The third-order valence-corrected chi connectivity index (χ3v) is 8.27. The third kappa shape index (κ3) is 4.02. The van der Waals surface area contributed by atoms with Crippen LogP contribution in [0.15, 0.2) is 41.3 Å². The number of nitrogens with one attached hydrogen (secondary N) is 1. The van der Waals surface area contributed by atoms with E-state index in [-0.39, 0.29) is 15.5 Å². The van der Waals surface area contributed by atoms with E-state index in [0.29, 0.717) is 18.2 Å². The number of hydrogen-bond acceptors (Lipinski definition) is 5. The number of anilines is 1. The summed E-state index contributed by atoms with van der Waals surface area (Å²) in [7, 11) is -3.72. The fourth-order valence-electron chi connectivity index (χ4n) is 3.32. The molecule has 1 aliphatic heterocycles. The number of hydrogen-bond donors (Lipinski definition) is 1. The number of amides is 1. The summed E-state index contributed by atoms with van der Waals surface area (Å²) in [5.41, 5.74) is 2.24. The summed E-state index contributed by atoms with van der Waals surface area (Å²) in [6, 6.07) is 10.3. The van der Waals surface area contributed by atoms with Crippen molar-refractivity contribution in [2.24, 2.45) is 0 Å². The molecule has 6 nitrogen and oxygen atoms in total. The number of aryl methyl sites for hydroxylation is 1. The maximum Gasteiger partial charge on any atom is 0.257 e. The van der Waals surface area contributed by atoms with Crippen LogP contribution in [0.4, 0.5) is 5.13 Å². The second kappa shape index (κ2) is 8.02. The molecule has 0 unspecified atom stereocenters. The zero-order chi connectivity index (χ0) is 20.6. The van der Waals surface area contributed by atoms with E-state index >= 15 is 0 Å². The molecule has 2 heterocycles. The number of nitrogens with zero attached hydrogens (tertiary/aromatic N) is 2. The molecule has 4 rings (SSSR count). The van der Waals surface area contributed by atoms with Crippen LogP contribution in [0.3, 0.4) is 0 Å². The second-order valence-corrected chi connectivity index (χ2v) is 10.2. The van der Waals surface area contributed by atoms with Gasteiger partial charge >= 0.3 is 0 Å². The zero-order valence-electron chi connectivity index (χ0n) is 15.8. The Morgan fingerprint density at radius 1 is 1.21 bits per heavy atom. The average molecular weight is 450 g/mol. The van der Waals surface area contributed by atoms with E-state index in [0.717, 1.165) is 29.5 Å². The number of benzene rings is 2. The molecule has 1 saturated heterocycles. The Morgan fingerprint density at radius 2 is 1.97 bits per heavy atom. The smallest absolute Gasteiger partial charge is 0.257 e. The molecule has 0 radical (unpaired) electrons. The summed E-state index contributed by atoms with van der Waals surface area (Å²) < 4.78 is 28.1. The van der Waals surface area contributed by atoms with Crippen molar-refractivity contribution in [3.8, 4) is 0 Å². The Labute approximate surface area is 178 Å². The van der Waals surface area contributed by atoms with Crippen molar-refractivity contribution in [3.05, 3.63) is 52.5 Å². The fourth-order valence-corrected chi connectivity index (χ4v) is 6.26. The van der Waals surface area contributed by atoms with E-state index in [1.54, 1.807) is 0 Å². The van der Waals surface area contributed by atoms with Gasteiger partial charge in [-0.3, -0.25) is 10.1 Å². The van der Waals surface area contributed by atoms with Crippen molar-refractivity contribution < 1.29 is 13.2 Å². The van der Waals surface area contributed by atoms with Crippen LogP contribution in [0.5, 0.6) is 0 Å². The quantitative estimate of drug-likeness (QED) is 0.619. The molecule has 152 valence electrons. The zero-order valence-corrected chi connectivity index (χ0v) is 18.2. The minimum absolute atomic E-state index is 0.0365. The monoisotopic (exact) mass is 449 g/mol. The van der Waals surface area contributed by atoms with E-state index in [1.807, 2.05) is 12.1 Å². The predicted molar refractivity (Wildman–Crippen MR) is 116 cm³/mol. The summed E-state index contributed by atoms with van der Waals surface area (Å²) in [5, 5.41) is 3.35. The standard InChI is InChI=1S/C20H20ClN3O3S2/c1-2-13-5-8-16-17(11-13)28-20(22-16)23-19(25)14-6-7-15(21)18(12-14)29(26,27)24-9-3-4-10-24/h5-8,11-12H,2-4,9-10H2,1H3,(H,22,23,25). The average Bonchev–Trinajstić information content (AvgIpc) is 3.37. The summed E-state index contributed by atoms with van der Waals surface area (Å²) in [5.74, 6) is -0.422. The van der Waals surface area contributed by atoms with E-state index in [4.69, 9.17) is 11.6 Å². The first-order chi connectivity index (χ1) is 13.9. The van der Waals surface area contributed by atoms with Gasteiger partial charge < -0.3 is 0 Å². The van der Waals surface area contributed by atoms with Gasteiger partial charge in [0.1, 0.15) is 4.90 Å². The maximum absolute atomic E-state index is 12.9. The first-order valence-electron chi connectivity index (χ1n) is 9.39. The minimum Gasteiger partial charge on any atom is -0.298 e. The molecule has 1 amide bonds. The van der Waals surface area contributed by atoms with Crippen LogP contribution in [-0.2, 0) is 16.4 Å². The highest BCUT2D eigenvalue weighted by Crippen LogP contribution is 2.30. The second-order valence-electron chi connectivity index (χ2n) is 6.89. The van der Waals surface area contributed by atoms with Crippen LogP contribution < -0.4 is 5.32 Å². The van der Waals surface area contributed by atoms with Gasteiger partial charge in [-0.1, -0.05) is 35.9 Å². The van der Waals surface area contributed by atoms with Gasteiger partial charge in [0.05, 0.1) is 15.2 Å². The van der Waals surface area contributed by atoms with Crippen molar-refractivity contribution in [2.75, 3.05) is 18.4 Å². The number of fused-ring (bicyclic) bond motifs is 1. The normalized spacial score (nSPS) is 15.1. The molecular formula is C20H20ClN3O3S2. The molecule has 0 spiro atoms. The Kier molecular flexibility index (Phi) is 5.61. The van der Waals surface area contributed by atoms with Crippen molar-refractivity contribution in [3.63, 3.8) is 0 Å². The van der Waals surface area contributed by atoms with Crippen LogP contribution >= 0.6 is 22.9 Å². The van der Waals surface area contributed by atoms with Crippen molar-refractivity contribution in [1.29, 1.82) is 0 Å². The molecule has 1 N–H and O–H groups in total. The van der Waals surface area contributed by atoms with E-state index in [9.17, 15) is 13.2 Å². The number of carbonyl (C=O) groups is 1. The lowest BCUT2D eigenvalue weighted by atomic mass is 10.2. The van der Waals surface area contributed by atoms with Gasteiger partial charge in [0.15, 0.2) is 5.13 Å². The molecule has 1 aliphatic rings. The van der Waals surface area contributed by atoms with E-state index < -0.39 is 15.9 Å². The first kappa shape index (κ1) is 20.3. The van der Waals surface area contributed by atoms with Crippen LogP contribution in [0.25, 0.3) is 10.2 Å². The lowest BCUT2D eigenvalue weighted by molar-refractivity contribution is 0.102. The third-order valence-electron chi connectivity index (χ3n) is 4.96. The Balaban J connectivity index is 1.61. The number of halogens is 1. The maximum atomic E-state index is 12.9. The number of carbonyl (C=O) groups excluding carboxylic acids is 1. The molecular weight excluding hydrogens is 430 g/mol. The van der Waals surface area contributed by atoms with Gasteiger partial charge in [0.25, 0.3) is 5.91 Å². The molecule has 29 heavy (non-hydrogen) atoms. The number of aromatic nitrogens is 1. The topological polar surface area (TPSA) is 79.4 Å². The Hall–Kier alpha value is -2.00.